The van der Waals surface area contributed by atoms with Crippen LogP contribution in [0.15, 0.2) is 0 Å². The number of nitrogens with one attached hydrogen (secondary N) is 1. The molecule has 0 spiro atoms. The van der Waals surface area contributed by atoms with Gasteiger partial charge in [0, 0.05) is 44.2 Å². The first-order chi connectivity index (χ1) is 9.72. The molecule has 3 rings (SSSR count). The molecule has 1 aliphatic heterocycles. The summed E-state index contributed by atoms with van der Waals surface area (Å²) < 4.78 is 0. The number of nitrogens with two attached hydrogens (primary N) is 1. The molecule has 6 heteroatoms. The van der Waals surface area contributed by atoms with Gasteiger partial charge in [0.1, 0.15) is 17.5 Å². The van der Waals surface area contributed by atoms with E-state index in [0.29, 0.717) is 0 Å². The van der Waals surface area contributed by atoms with Crippen molar-refractivity contribution < 1.29 is 0 Å². The Bertz CT molecular complexity index is 477. The highest BCUT2D eigenvalue weighted by molar-refractivity contribution is 5.58. The van der Waals surface area contributed by atoms with Gasteiger partial charge in [0.15, 0.2) is 0 Å². The van der Waals surface area contributed by atoms with E-state index >= 15 is 0 Å². The molecule has 1 aliphatic carbocycles. The second kappa shape index (κ2) is 5.54. The number of hydrazine groups is 1. The van der Waals surface area contributed by atoms with E-state index in [1.54, 1.807) is 0 Å². The smallest absolute Gasteiger partial charge is 0.148 e. The van der Waals surface area contributed by atoms with Crippen LogP contribution in [-0.2, 0) is 6.42 Å². The first-order valence-corrected chi connectivity index (χ1v) is 7.56. The maximum Gasteiger partial charge on any atom is 0.148 e. The molecule has 2 fully saturated rings. The summed E-state index contributed by atoms with van der Waals surface area (Å²) in [6.07, 6.45) is 3.59. The summed E-state index contributed by atoms with van der Waals surface area (Å²) in [4.78, 5) is 14.1. The minimum Gasteiger partial charge on any atom is -0.354 e. The lowest BCUT2D eigenvalue weighted by Crippen LogP contribution is -2.47. The zero-order chi connectivity index (χ0) is 14.1. The predicted octanol–water partition coefficient (Wildman–Crippen LogP) is 0.917. The normalized spacial score (nSPS) is 20.2. The van der Waals surface area contributed by atoms with Gasteiger partial charge in [-0.25, -0.2) is 15.8 Å². The van der Waals surface area contributed by atoms with Crippen molar-refractivity contribution in [2.24, 2.45) is 5.84 Å². The van der Waals surface area contributed by atoms with Gasteiger partial charge >= 0.3 is 0 Å². The molecule has 2 heterocycles. The van der Waals surface area contributed by atoms with Crippen molar-refractivity contribution in [1.82, 2.24) is 14.9 Å². The van der Waals surface area contributed by atoms with Gasteiger partial charge in [0.25, 0.3) is 0 Å². The van der Waals surface area contributed by atoms with E-state index in [4.69, 9.17) is 10.8 Å². The fraction of sp³-hybridized carbons (Fsp3) is 0.714. The molecule has 0 bridgehead atoms. The van der Waals surface area contributed by atoms with Crippen LogP contribution < -0.4 is 16.2 Å². The van der Waals surface area contributed by atoms with Crippen molar-refractivity contribution in [2.45, 2.75) is 39.2 Å². The third-order valence-corrected chi connectivity index (χ3v) is 4.30. The van der Waals surface area contributed by atoms with Crippen molar-refractivity contribution in [3.63, 3.8) is 0 Å². The maximum atomic E-state index is 5.58. The summed E-state index contributed by atoms with van der Waals surface area (Å²) in [6.45, 7) is 8.47. The molecule has 6 nitrogen and oxygen atoms in total. The largest absolute Gasteiger partial charge is 0.354 e. The summed E-state index contributed by atoms with van der Waals surface area (Å²) in [6, 6.07) is 0.858. The lowest BCUT2D eigenvalue weighted by molar-refractivity contribution is 0.247. The summed E-state index contributed by atoms with van der Waals surface area (Å²) in [5.41, 5.74) is 3.74. The van der Waals surface area contributed by atoms with Gasteiger partial charge in [-0.05, 0) is 19.8 Å². The van der Waals surface area contributed by atoms with Crippen LogP contribution in [0, 0.1) is 6.92 Å². The molecule has 0 amide bonds. The van der Waals surface area contributed by atoms with Crippen molar-refractivity contribution in [1.29, 1.82) is 0 Å². The first-order valence-electron chi connectivity index (χ1n) is 7.56. The zero-order valence-electron chi connectivity index (χ0n) is 12.4. The van der Waals surface area contributed by atoms with Gasteiger partial charge in [-0.1, -0.05) is 6.92 Å². The highest BCUT2D eigenvalue weighted by Crippen LogP contribution is 2.29. The molecule has 2 aliphatic rings. The fourth-order valence-electron chi connectivity index (χ4n) is 2.89. The Kier molecular flexibility index (Phi) is 3.76. The van der Waals surface area contributed by atoms with Crippen molar-refractivity contribution in [3.8, 4) is 0 Å². The first kappa shape index (κ1) is 13.6. The number of nitrogens with zero attached hydrogens (tertiary/aromatic N) is 4. The number of anilines is 2. The van der Waals surface area contributed by atoms with Gasteiger partial charge in [-0.15, -0.1) is 0 Å². The van der Waals surface area contributed by atoms with Crippen LogP contribution in [0.5, 0.6) is 0 Å². The van der Waals surface area contributed by atoms with Gasteiger partial charge in [0.05, 0.1) is 0 Å². The molecule has 3 N–H and O–H groups in total. The predicted molar refractivity (Wildman–Crippen MR) is 80.8 cm³/mol. The molecule has 0 radical (unpaired) electrons. The van der Waals surface area contributed by atoms with E-state index < -0.39 is 0 Å². The topological polar surface area (TPSA) is 70.3 Å². The van der Waals surface area contributed by atoms with Crippen LogP contribution in [0.25, 0.3) is 0 Å². The molecule has 110 valence electrons. The molecule has 1 saturated carbocycles. The van der Waals surface area contributed by atoms with Crippen molar-refractivity contribution in [2.75, 3.05) is 36.5 Å². The van der Waals surface area contributed by atoms with E-state index in [0.717, 1.165) is 61.7 Å². The number of hydrogen-bond donors (Lipinski definition) is 2. The Morgan fingerprint density at radius 3 is 2.45 bits per heavy atom. The quantitative estimate of drug-likeness (QED) is 0.629. The number of nitrogen functional groups attached to an aromatic ring is 1. The third kappa shape index (κ3) is 2.58. The van der Waals surface area contributed by atoms with Crippen molar-refractivity contribution in [3.05, 3.63) is 11.4 Å². The number of piperazine rings is 1. The monoisotopic (exact) mass is 276 g/mol. The Morgan fingerprint density at radius 1 is 1.20 bits per heavy atom. The van der Waals surface area contributed by atoms with Crippen LogP contribution in [-0.4, -0.2) is 47.1 Å². The molecule has 0 atom stereocenters. The molecule has 0 aromatic carbocycles. The van der Waals surface area contributed by atoms with Crippen LogP contribution in [0.1, 0.15) is 31.2 Å². The second-order valence-corrected chi connectivity index (χ2v) is 5.69. The van der Waals surface area contributed by atoms with Gasteiger partial charge in [0.2, 0.25) is 0 Å². The lowest BCUT2D eigenvalue weighted by Gasteiger charge is -2.36. The molecular weight excluding hydrogens is 252 g/mol. The minimum absolute atomic E-state index is 0.747. The summed E-state index contributed by atoms with van der Waals surface area (Å²) >= 11 is 0. The average Bonchev–Trinajstić information content (AvgIpc) is 3.32. The highest BCUT2D eigenvalue weighted by atomic mass is 15.3. The second-order valence-electron chi connectivity index (χ2n) is 5.69. The molecule has 0 unspecified atom stereocenters. The number of aryl methyl sites for hydroxylation is 1. The molecule has 1 aromatic rings. The molecule has 20 heavy (non-hydrogen) atoms. The van der Waals surface area contributed by atoms with Crippen LogP contribution >= 0.6 is 0 Å². The zero-order valence-corrected chi connectivity index (χ0v) is 12.4. The molecule has 1 aromatic heterocycles. The van der Waals surface area contributed by atoms with Crippen LogP contribution in [0.2, 0.25) is 0 Å². The average molecular weight is 276 g/mol. The molecule has 1 saturated heterocycles. The number of rotatable bonds is 4. The minimum atomic E-state index is 0.747. The van der Waals surface area contributed by atoms with E-state index in [2.05, 4.69) is 27.1 Å². The molecular formula is C14H24N6. The Balaban J connectivity index is 1.78. The van der Waals surface area contributed by atoms with Crippen molar-refractivity contribution >= 4 is 11.6 Å². The standard InChI is InChI=1S/C14H24N6/c1-3-12-16-13(18-15)10(2)14(17-12)20-8-6-19(7-9-20)11-4-5-11/h11H,3-9,15H2,1-2H3,(H,16,17,18). The number of hydrogen-bond acceptors (Lipinski definition) is 6. The van der Waals surface area contributed by atoms with E-state index in [-0.39, 0.29) is 0 Å². The lowest BCUT2D eigenvalue weighted by atomic mass is 10.2. The van der Waals surface area contributed by atoms with E-state index in [9.17, 15) is 0 Å². The summed E-state index contributed by atoms with van der Waals surface area (Å²) in [5.74, 6) is 8.21. The third-order valence-electron chi connectivity index (χ3n) is 4.30. The van der Waals surface area contributed by atoms with Gasteiger partial charge in [-0.2, -0.15) is 0 Å². The summed E-state index contributed by atoms with van der Waals surface area (Å²) in [5, 5.41) is 0. The maximum absolute atomic E-state index is 5.58. The van der Waals surface area contributed by atoms with E-state index in [1.807, 2.05) is 6.92 Å². The van der Waals surface area contributed by atoms with Gasteiger partial charge < -0.3 is 10.3 Å². The van der Waals surface area contributed by atoms with Crippen LogP contribution in [0.4, 0.5) is 11.6 Å². The van der Waals surface area contributed by atoms with Gasteiger partial charge in [-0.3, -0.25) is 4.90 Å². The van der Waals surface area contributed by atoms with E-state index in [1.165, 1.54) is 12.8 Å². The highest BCUT2D eigenvalue weighted by Gasteiger charge is 2.32. The Labute approximate surface area is 120 Å². The summed E-state index contributed by atoms with van der Waals surface area (Å²) in [7, 11) is 0. The Hall–Kier alpha value is -1.40. The fourth-order valence-corrected chi connectivity index (χ4v) is 2.89. The Morgan fingerprint density at radius 2 is 1.90 bits per heavy atom. The SMILES string of the molecule is CCc1nc(NN)c(C)c(N2CCN(C3CC3)CC2)n1. The number of aromatic nitrogens is 2. The van der Waals surface area contributed by atoms with Crippen LogP contribution in [0.3, 0.4) is 0 Å².